The molecule has 2 rings (SSSR count). The predicted octanol–water partition coefficient (Wildman–Crippen LogP) is 2.00. The lowest BCUT2D eigenvalue weighted by Crippen LogP contribution is -2.29. The van der Waals surface area contributed by atoms with E-state index in [1.54, 1.807) is 0 Å². The topological polar surface area (TPSA) is 77.8 Å². The summed E-state index contributed by atoms with van der Waals surface area (Å²) in [6.07, 6.45) is 2.43. The molecule has 0 amide bonds. The smallest absolute Gasteiger partial charge is 0.146 e. The molecule has 0 saturated carbocycles. The summed E-state index contributed by atoms with van der Waals surface area (Å²) in [7, 11) is 0. The van der Waals surface area contributed by atoms with Gasteiger partial charge in [-0.3, -0.25) is 0 Å². The van der Waals surface area contributed by atoms with Crippen LogP contribution in [-0.2, 0) is 12.8 Å². The van der Waals surface area contributed by atoms with Crippen molar-refractivity contribution in [3.63, 3.8) is 0 Å². The van der Waals surface area contributed by atoms with Gasteiger partial charge in [0.25, 0.3) is 0 Å². The SMILES string of the molecule is NCC(N)CCc1nc(Cc2ccc(Cl)cc2)ns1. The van der Waals surface area contributed by atoms with E-state index in [0.717, 1.165) is 40.7 Å². The number of rotatable bonds is 6. The van der Waals surface area contributed by atoms with Crippen LogP contribution in [0.2, 0.25) is 5.02 Å². The summed E-state index contributed by atoms with van der Waals surface area (Å²) in [5.74, 6) is 0.851. The minimum absolute atomic E-state index is 0.0450. The number of nitrogens with two attached hydrogens (primary N) is 2. The van der Waals surface area contributed by atoms with Crippen molar-refractivity contribution < 1.29 is 0 Å². The maximum Gasteiger partial charge on any atom is 0.146 e. The van der Waals surface area contributed by atoms with E-state index >= 15 is 0 Å². The summed E-state index contributed by atoms with van der Waals surface area (Å²) >= 11 is 7.29. The molecule has 1 aromatic carbocycles. The lowest BCUT2D eigenvalue weighted by molar-refractivity contribution is 0.621. The molecule has 0 aliphatic carbocycles. The molecular formula is C13H17ClN4S. The van der Waals surface area contributed by atoms with Gasteiger partial charge in [0.1, 0.15) is 10.8 Å². The van der Waals surface area contributed by atoms with Gasteiger partial charge in [0, 0.05) is 30.5 Å². The summed E-state index contributed by atoms with van der Waals surface area (Å²) in [5, 5.41) is 1.76. The Morgan fingerprint density at radius 2 is 2.00 bits per heavy atom. The summed E-state index contributed by atoms with van der Waals surface area (Å²) in [5.41, 5.74) is 12.4. The summed E-state index contributed by atoms with van der Waals surface area (Å²) < 4.78 is 4.36. The van der Waals surface area contributed by atoms with Gasteiger partial charge in [0.2, 0.25) is 0 Å². The van der Waals surface area contributed by atoms with E-state index in [2.05, 4.69) is 9.36 Å². The Morgan fingerprint density at radius 3 is 2.68 bits per heavy atom. The van der Waals surface area contributed by atoms with Crippen molar-refractivity contribution in [3.05, 3.63) is 45.7 Å². The van der Waals surface area contributed by atoms with Gasteiger partial charge in [-0.05, 0) is 35.6 Å². The lowest BCUT2D eigenvalue weighted by Gasteiger charge is -2.05. The number of halogens is 1. The summed E-state index contributed by atoms with van der Waals surface area (Å²) in [6, 6.07) is 7.79. The molecule has 0 bridgehead atoms. The second-order valence-corrected chi connectivity index (χ2v) is 5.71. The van der Waals surface area contributed by atoms with E-state index in [1.807, 2.05) is 24.3 Å². The highest BCUT2D eigenvalue weighted by Gasteiger charge is 2.07. The number of aromatic nitrogens is 2. The molecular weight excluding hydrogens is 280 g/mol. The highest BCUT2D eigenvalue weighted by molar-refractivity contribution is 7.05. The molecule has 19 heavy (non-hydrogen) atoms. The van der Waals surface area contributed by atoms with Crippen LogP contribution in [0.15, 0.2) is 24.3 Å². The molecule has 1 heterocycles. The van der Waals surface area contributed by atoms with E-state index in [0.29, 0.717) is 6.54 Å². The van der Waals surface area contributed by atoms with Crippen LogP contribution >= 0.6 is 23.1 Å². The van der Waals surface area contributed by atoms with E-state index in [9.17, 15) is 0 Å². The average molecular weight is 297 g/mol. The molecule has 0 saturated heterocycles. The molecule has 4 N–H and O–H groups in total. The van der Waals surface area contributed by atoms with Crippen LogP contribution in [0, 0.1) is 0 Å². The van der Waals surface area contributed by atoms with Gasteiger partial charge in [-0.1, -0.05) is 23.7 Å². The molecule has 0 aliphatic heterocycles. The van der Waals surface area contributed by atoms with Crippen LogP contribution in [0.1, 0.15) is 22.8 Å². The Labute approximate surface area is 122 Å². The zero-order valence-electron chi connectivity index (χ0n) is 10.6. The Bertz CT molecular complexity index is 512. The zero-order valence-corrected chi connectivity index (χ0v) is 12.1. The van der Waals surface area contributed by atoms with Crippen molar-refractivity contribution in [1.29, 1.82) is 0 Å². The number of benzene rings is 1. The third-order valence-electron chi connectivity index (χ3n) is 2.82. The Hall–Kier alpha value is -1.01. The maximum atomic E-state index is 5.85. The van der Waals surface area contributed by atoms with Crippen molar-refractivity contribution in [3.8, 4) is 0 Å². The van der Waals surface area contributed by atoms with Crippen LogP contribution in [-0.4, -0.2) is 21.9 Å². The quantitative estimate of drug-likeness (QED) is 0.855. The predicted molar refractivity (Wildman–Crippen MR) is 79.5 cm³/mol. The Balaban J connectivity index is 1.91. The van der Waals surface area contributed by atoms with Gasteiger partial charge in [-0.2, -0.15) is 4.37 Å². The van der Waals surface area contributed by atoms with E-state index in [-0.39, 0.29) is 6.04 Å². The van der Waals surface area contributed by atoms with Gasteiger partial charge in [-0.25, -0.2) is 4.98 Å². The Kier molecular flexibility index (Phi) is 5.27. The molecule has 0 aliphatic rings. The Morgan fingerprint density at radius 1 is 1.26 bits per heavy atom. The molecule has 4 nitrogen and oxygen atoms in total. The van der Waals surface area contributed by atoms with Crippen LogP contribution in [0.5, 0.6) is 0 Å². The molecule has 2 aromatic rings. The van der Waals surface area contributed by atoms with Crippen LogP contribution in [0.3, 0.4) is 0 Å². The van der Waals surface area contributed by atoms with Crippen LogP contribution in [0.25, 0.3) is 0 Å². The van der Waals surface area contributed by atoms with Crippen molar-refractivity contribution in [2.24, 2.45) is 11.5 Å². The average Bonchev–Trinajstić information content (AvgIpc) is 2.86. The number of nitrogens with zero attached hydrogens (tertiary/aromatic N) is 2. The third-order valence-corrected chi connectivity index (χ3v) is 3.88. The molecule has 0 spiro atoms. The minimum Gasteiger partial charge on any atom is -0.329 e. The van der Waals surface area contributed by atoms with Crippen LogP contribution in [0.4, 0.5) is 0 Å². The van der Waals surface area contributed by atoms with Gasteiger partial charge >= 0.3 is 0 Å². The number of aryl methyl sites for hydroxylation is 1. The van der Waals surface area contributed by atoms with Gasteiger partial charge < -0.3 is 11.5 Å². The second-order valence-electron chi connectivity index (χ2n) is 4.44. The lowest BCUT2D eigenvalue weighted by atomic mass is 10.1. The minimum atomic E-state index is 0.0450. The fourth-order valence-corrected chi connectivity index (χ4v) is 2.47. The van der Waals surface area contributed by atoms with Gasteiger partial charge in [0.05, 0.1) is 0 Å². The standard InChI is InChI=1S/C13H17ClN4S/c14-10-3-1-9(2-4-10)7-12-17-13(19-18-12)6-5-11(16)8-15/h1-4,11H,5-8,15-16H2. The summed E-state index contributed by atoms with van der Waals surface area (Å²) in [4.78, 5) is 4.51. The first kappa shape index (κ1) is 14.4. The highest BCUT2D eigenvalue weighted by atomic mass is 35.5. The van der Waals surface area contributed by atoms with E-state index < -0.39 is 0 Å². The molecule has 0 fully saturated rings. The zero-order chi connectivity index (χ0) is 13.7. The highest BCUT2D eigenvalue weighted by Crippen LogP contribution is 2.14. The van der Waals surface area contributed by atoms with Gasteiger partial charge in [-0.15, -0.1) is 0 Å². The molecule has 1 unspecified atom stereocenters. The molecule has 0 radical (unpaired) electrons. The van der Waals surface area contributed by atoms with Crippen molar-refractivity contribution in [2.75, 3.05) is 6.54 Å². The van der Waals surface area contributed by atoms with E-state index in [4.69, 9.17) is 23.1 Å². The van der Waals surface area contributed by atoms with Gasteiger partial charge in [0.15, 0.2) is 0 Å². The second kappa shape index (κ2) is 6.96. The fraction of sp³-hybridized carbons (Fsp3) is 0.385. The molecule has 1 atom stereocenters. The van der Waals surface area contributed by atoms with Crippen molar-refractivity contribution in [2.45, 2.75) is 25.3 Å². The first-order chi connectivity index (χ1) is 9.17. The van der Waals surface area contributed by atoms with Crippen LogP contribution < -0.4 is 11.5 Å². The first-order valence-electron chi connectivity index (χ1n) is 6.19. The molecule has 6 heteroatoms. The largest absolute Gasteiger partial charge is 0.329 e. The normalized spacial score (nSPS) is 12.6. The first-order valence-corrected chi connectivity index (χ1v) is 7.34. The monoisotopic (exact) mass is 296 g/mol. The van der Waals surface area contributed by atoms with E-state index in [1.165, 1.54) is 11.5 Å². The third kappa shape index (κ3) is 4.54. The number of hydrogen-bond acceptors (Lipinski definition) is 5. The number of hydrogen-bond donors (Lipinski definition) is 2. The molecule has 102 valence electrons. The summed E-state index contributed by atoms with van der Waals surface area (Å²) in [6.45, 7) is 0.510. The van der Waals surface area contributed by atoms with Crippen molar-refractivity contribution >= 4 is 23.1 Å². The molecule has 1 aromatic heterocycles. The fourth-order valence-electron chi connectivity index (χ4n) is 1.68. The maximum absolute atomic E-state index is 5.85. The van der Waals surface area contributed by atoms with Crippen molar-refractivity contribution in [1.82, 2.24) is 9.36 Å².